The number of aromatic nitrogens is 2. The van der Waals surface area contributed by atoms with Crippen LogP contribution < -0.4 is 15.6 Å². The summed E-state index contributed by atoms with van der Waals surface area (Å²) in [5, 5.41) is 12.6. The van der Waals surface area contributed by atoms with Crippen molar-refractivity contribution in [2.75, 3.05) is 0 Å². The number of nitrogens with one attached hydrogen (secondary N) is 1. The molecule has 0 spiro atoms. The quantitative estimate of drug-likeness (QED) is 0.465. The van der Waals surface area contributed by atoms with Crippen molar-refractivity contribution in [1.29, 1.82) is 5.26 Å². The highest BCUT2D eigenvalue weighted by Crippen LogP contribution is 2.28. The first kappa shape index (κ1) is 22.3. The van der Waals surface area contributed by atoms with Crippen molar-refractivity contribution in [3.8, 4) is 17.7 Å². The van der Waals surface area contributed by atoms with Crippen LogP contribution in [0.5, 0.6) is 11.6 Å². The fourth-order valence-corrected chi connectivity index (χ4v) is 4.03. The van der Waals surface area contributed by atoms with Crippen LogP contribution in [0.25, 0.3) is 11.7 Å². The highest BCUT2D eigenvalue weighted by atomic mass is 16.5. The Morgan fingerprint density at radius 1 is 1.18 bits per heavy atom. The number of nitriles is 1. The third-order valence-electron chi connectivity index (χ3n) is 6.09. The van der Waals surface area contributed by atoms with Gasteiger partial charge in [-0.15, -0.1) is 0 Å². The van der Waals surface area contributed by atoms with Gasteiger partial charge in [0.1, 0.15) is 28.6 Å². The van der Waals surface area contributed by atoms with Crippen molar-refractivity contribution in [2.24, 2.45) is 0 Å². The van der Waals surface area contributed by atoms with E-state index in [2.05, 4.69) is 10.3 Å². The van der Waals surface area contributed by atoms with E-state index in [0.29, 0.717) is 11.4 Å². The maximum atomic E-state index is 13.3. The molecule has 0 atom stereocenters. The molecule has 2 aromatic heterocycles. The van der Waals surface area contributed by atoms with Gasteiger partial charge in [0.25, 0.3) is 11.5 Å². The summed E-state index contributed by atoms with van der Waals surface area (Å²) in [5.41, 5.74) is 1.84. The summed E-state index contributed by atoms with van der Waals surface area (Å²) in [4.78, 5) is 30.7. The molecule has 1 N–H and O–H groups in total. The Morgan fingerprint density at radius 3 is 2.73 bits per heavy atom. The van der Waals surface area contributed by atoms with E-state index in [-0.39, 0.29) is 23.1 Å². The SMILES string of the molecule is Cc1cccc(Oc2nc3ccccn3c(=O)c2/C=C(\C#N)C(=O)NC2CCCCC2)c1C. The first-order chi connectivity index (χ1) is 16.0. The summed E-state index contributed by atoms with van der Waals surface area (Å²) in [5.74, 6) is 0.125. The van der Waals surface area contributed by atoms with Gasteiger partial charge in [-0.1, -0.05) is 37.5 Å². The lowest BCUT2D eigenvalue weighted by molar-refractivity contribution is -0.117. The van der Waals surface area contributed by atoms with Crippen LogP contribution in [0.3, 0.4) is 0 Å². The van der Waals surface area contributed by atoms with Gasteiger partial charge in [-0.2, -0.15) is 10.2 Å². The first-order valence-corrected chi connectivity index (χ1v) is 11.2. The van der Waals surface area contributed by atoms with Gasteiger partial charge < -0.3 is 10.1 Å². The van der Waals surface area contributed by atoms with Crippen LogP contribution in [-0.4, -0.2) is 21.3 Å². The van der Waals surface area contributed by atoms with E-state index < -0.39 is 11.5 Å². The minimum absolute atomic E-state index is 0.0458. The Morgan fingerprint density at radius 2 is 1.97 bits per heavy atom. The predicted octanol–water partition coefficient (Wildman–Crippen LogP) is 4.46. The van der Waals surface area contributed by atoms with E-state index in [4.69, 9.17) is 4.74 Å². The molecule has 4 rings (SSSR count). The minimum atomic E-state index is -0.486. The second-order valence-corrected chi connectivity index (χ2v) is 8.34. The number of hydrogen-bond donors (Lipinski definition) is 1. The molecule has 0 aliphatic heterocycles. The van der Waals surface area contributed by atoms with Crippen LogP contribution in [-0.2, 0) is 4.79 Å². The molecule has 3 aromatic rings. The number of aryl methyl sites for hydroxylation is 1. The van der Waals surface area contributed by atoms with Crippen molar-refractivity contribution in [3.63, 3.8) is 0 Å². The van der Waals surface area contributed by atoms with E-state index in [9.17, 15) is 14.9 Å². The lowest BCUT2D eigenvalue weighted by Crippen LogP contribution is -2.36. The largest absolute Gasteiger partial charge is 0.438 e. The Labute approximate surface area is 192 Å². The smallest absolute Gasteiger partial charge is 0.269 e. The van der Waals surface area contributed by atoms with Gasteiger partial charge in [-0.05, 0) is 62.1 Å². The summed E-state index contributed by atoms with van der Waals surface area (Å²) in [7, 11) is 0. The zero-order chi connectivity index (χ0) is 23.4. The van der Waals surface area contributed by atoms with Gasteiger partial charge in [0, 0.05) is 12.2 Å². The molecule has 0 unspecified atom stereocenters. The molecular weight excluding hydrogens is 416 g/mol. The number of rotatable bonds is 5. The molecular formula is C26H26N4O3. The first-order valence-electron chi connectivity index (χ1n) is 11.2. The number of carbonyl (C=O) groups excluding carboxylic acids is 1. The zero-order valence-corrected chi connectivity index (χ0v) is 18.8. The van der Waals surface area contributed by atoms with Gasteiger partial charge in [-0.3, -0.25) is 14.0 Å². The number of amides is 1. The Hall–Kier alpha value is -3.92. The van der Waals surface area contributed by atoms with Crippen molar-refractivity contribution in [1.82, 2.24) is 14.7 Å². The van der Waals surface area contributed by atoms with Crippen molar-refractivity contribution < 1.29 is 9.53 Å². The van der Waals surface area contributed by atoms with Crippen LogP contribution in [0.15, 0.2) is 53.0 Å². The molecule has 0 bridgehead atoms. The zero-order valence-electron chi connectivity index (χ0n) is 18.8. The topological polar surface area (TPSA) is 96.5 Å². The predicted molar refractivity (Wildman–Crippen MR) is 126 cm³/mol. The third kappa shape index (κ3) is 4.80. The second kappa shape index (κ2) is 9.70. The van der Waals surface area contributed by atoms with Gasteiger partial charge in [0.2, 0.25) is 5.88 Å². The van der Waals surface area contributed by atoms with Crippen LogP contribution in [0.2, 0.25) is 0 Å². The van der Waals surface area contributed by atoms with Crippen LogP contribution in [0.4, 0.5) is 0 Å². The molecule has 168 valence electrons. The summed E-state index contributed by atoms with van der Waals surface area (Å²) < 4.78 is 7.45. The highest BCUT2D eigenvalue weighted by Gasteiger charge is 2.21. The molecule has 1 aromatic carbocycles. The third-order valence-corrected chi connectivity index (χ3v) is 6.09. The molecule has 7 heteroatoms. The summed E-state index contributed by atoms with van der Waals surface area (Å²) >= 11 is 0. The molecule has 1 aliphatic carbocycles. The molecule has 1 saturated carbocycles. The molecule has 1 amide bonds. The Kier molecular flexibility index (Phi) is 6.55. The fraction of sp³-hybridized carbons (Fsp3) is 0.308. The Balaban J connectivity index is 1.79. The number of pyridine rings is 1. The lowest BCUT2D eigenvalue weighted by atomic mass is 9.95. The molecule has 33 heavy (non-hydrogen) atoms. The molecule has 1 aliphatic rings. The number of fused-ring (bicyclic) bond motifs is 1. The molecule has 0 saturated heterocycles. The molecule has 7 nitrogen and oxygen atoms in total. The summed E-state index contributed by atoms with van der Waals surface area (Å²) in [6.45, 7) is 3.89. The van der Waals surface area contributed by atoms with Gasteiger partial charge >= 0.3 is 0 Å². The van der Waals surface area contributed by atoms with E-state index in [0.717, 1.165) is 43.2 Å². The van der Waals surface area contributed by atoms with Crippen LogP contribution >= 0.6 is 0 Å². The maximum Gasteiger partial charge on any atom is 0.269 e. The average molecular weight is 443 g/mol. The molecule has 1 fully saturated rings. The monoisotopic (exact) mass is 442 g/mol. The highest BCUT2D eigenvalue weighted by molar-refractivity contribution is 6.02. The second-order valence-electron chi connectivity index (χ2n) is 8.34. The Bertz CT molecular complexity index is 1330. The fourth-order valence-electron chi connectivity index (χ4n) is 4.03. The van der Waals surface area contributed by atoms with Gasteiger partial charge in [-0.25, -0.2) is 0 Å². The van der Waals surface area contributed by atoms with Crippen molar-refractivity contribution in [2.45, 2.75) is 52.0 Å². The van der Waals surface area contributed by atoms with Gasteiger partial charge in [0.15, 0.2) is 0 Å². The van der Waals surface area contributed by atoms with E-state index in [1.807, 2.05) is 32.0 Å². The van der Waals surface area contributed by atoms with E-state index in [1.54, 1.807) is 30.5 Å². The van der Waals surface area contributed by atoms with Crippen LogP contribution in [0, 0.1) is 25.2 Å². The maximum absolute atomic E-state index is 13.3. The summed E-state index contributed by atoms with van der Waals surface area (Å²) in [6, 6.07) is 12.8. The number of carbonyl (C=O) groups is 1. The average Bonchev–Trinajstić information content (AvgIpc) is 2.82. The minimum Gasteiger partial charge on any atom is -0.438 e. The number of hydrogen-bond acceptors (Lipinski definition) is 5. The molecule has 2 heterocycles. The van der Waals surface area contributed by atoms with Crippen molar-refractivity contribution >= 4 is 17.6 Å². The lowest BCUT2D eigenvalue weighted by Gasteiger charge is -2.22. The normalized spacial score (nSPS) is 14.6. The standard InChI is InChI=1S/C26H26N4O3/c1-17-9-8-12-22(18(17)2)33-25-21(26(32)30-14-7-6-13-23(30)29-25)15-19(16-27)24(31)28-20-10-4-3-5-11-20/h6-9,12-15,20H,3-5,10-11H2,1-2H3,(H,28,31)/b19-15+. The summed E-state index contributed by atoms with van der Waals surface area (Å²) in [6.07, 6.45) is 7.94. The number of benzene rings is 1. The van der Waals surface area contributed by atoms with E-state index in [1.165, 1.54) is 10.5 Å². The number of ether oxygens (including phenoxy) is 1. The number of nitrogens with zero attached hydrogens (tertiary/aromatic N) is 3. The van der Waals surface area contributed by atoms with Gasteiger partial charge in [0.05, 0.1) is 0 Å². The van der Waals surface area contributed by atoms with E-state index >= 15 is 0 Å². The van der Waals surface area contributed by atoms with Crippen molar-refractivity contribution in [3.05, 3.63) is 75.2 Å². The van der Waals surface area contributed by atoms with Crippen LogP contribution in [0.1, 0.15) is 48.8 Å². The molecule has 0 radical (unpaired) electrons.